The van der Waals surface area contributed by atoms with Crippen LogP contribution in [0.15, 0.2) is 28.8 Å². The molecule has 0 aliphatic carbocycles. The van der Waals surface area contributed by atoms with Gasteiger partial charge in [-0.15, -0.1) is 0 Å². The number of hydrogen-bond acceptors (Lipinski definition) is 4. The van der Waals surface area contributed by atoms with Crippen LogP contribution in [0.1, 0.15) is 44.1 Å². The van der Waals surface area contributed by atoms with Gasteiger partial charge in [0.25, 0.3) is 5.89 Å². The van der Waals surface area contributed by atoms with Crippen LogP contribution in [0.25, 0.3) is 11.5 Å². The first-order valence-corrected chi connectivity index (χ1v) is 5.77. The summed E-state index contributed by atoms with van der Waals surface area (Å²) in [5, 5.41) is 3.84. The average Bonchev–Trinajstić information content (AvgIpc) is 2.78. The van der Waals surface area contributed by atoms with Crippen molar-refractivity contribution in [3.8, 4) is 11.5 Å². The molecule has 4 nitrogen and oxygen atoms in total. The maximum absolute atomic E-state index is 5.68. The second-order valence-electron chi connectivity index (χ2n) is 4.52. The fraction of sp³-hybridized carbons (Fsp3) is 0.385. The van der Waals surface area contributed by atoms with E-state index < -0.39 is 0 Å². The van der Waals surface area contributed by atoms with Gasteiger partial charge in [0.1, 0.15) is 0 Å². The standard InChI is InChI=1S/C13H17N3O/c1-8(2)10-4-6-11(7-5-10)13-15-12(9(3)14)16-17-13/h4-9H,14H2,1-3H3. The van der Waals surface area contributed by atoms with Crippen LogP contribution in [0.2, 0.25) is 0 Å². The second-order valence-corrected chi connectivity index (χ2v) is 4.52. The number of aromatic nitrogens is 2. The summed E-state index contributed by atoms with van der Waals surface area (Å²) < 4.78 is 5.17. The normalized spacial score (nSPS) is 13.0. The van der Waals surface area contributed by atoms with E-state index in [-0.39, 0.29) is 6.04 Å². The molecule has 17 heavy (non-hydrogen) atoms. The molecule has 90 valence electrons. The van der Waals surface area contributed by atoms with E-state index in [0.29, 0.717) is 17.6 Å². The monoisotopic (exact) mass is 231 g/mol. The van der Waals surface area contributed by atoms with E-state index in [4.69, 9.17) is 10.3 Å². The van der Waals surface area contributed by atoms with Gasteiger partial charge in [-0.3, -0.25) is 0 Å². The molecule has 1 atom stereocenters. The second kappa shape index (κ2) is 4.67. The molecule has 0 saturated heterocycles. The van der Waals surface area contributed by atoms with E-state index in [0.717, 1.165) is 5.56 Å². The van der Waals surface area contributed by atoms with Crippen LogP contribution < -0.4 is 5.73 Å². The lowest BCUT2D eigenvalue weighted by atomic mass is 10.0. The van der Waals surface area contributed by atoms with Gasteiger partial charge in [0, 0.05) is 5.56 Å². The minimum atomic E-state index is -0.206. The zero-order valence-electron chi connectivity index (χ0n) is 10.3. The fourth-order valence-corrected chi connectivity index (χ4v) is 1.55. The van der Waals surface area contributed by atoms with Crippen molar-refractivity contribution >= 4 is 0 Å². The lowest BCUT2D eigenvalue weighted by Crippen LogP contribution is -2.06. The molecule has 0 bridgehead atoms. The summed E-state index contributed by atoms with van der Waals surface area (Å²) in [5.74, 6) is 1.58. The van der Waals surface area contributed by atoms with E-state index in [2.05, 4.69) is 36.1 Å². The summed E-state index contributed by atoms with van der Waals surface area (Å²) >= 11 is 0. The molecule has 0 fully saturated rings. The first-order chi connectivity index (χ1) is 8.08. The number of hydrogen-bond donors (Lipinski definition) is 1. The molecular weight excluding hydrogens is 214 g/mol. The Morgan fingerprint density at radius 3 is 2.24 bits per heavy atom. The van der Waals surface area contributed by atoms with Crippen LogP contribution in [0.4, 0.5) is 0 Å². The van der Waals surface area contributed by atoms with Crippen LogP contribution in [-0.2, 0) is 0 Å². The Balaban J connectivity index is 2.27. The molecule has 0 radical (unpaired) electrons. The molecular formula is C13H17N3O. The first-order valence-electron chi connectivity index (χ1n) is 5.77. The number of nitrogens with zero attached hydrogens (tertiary/aromatic N) is 2. The highest BCUT2D eigenvalue weighted by Crippen LogP contribution is 2.22. The zero-order valence-corrected chi connectivity index (χ0v) is 10.3. The molecule has 0 aliphatic rings. The summed E-state index contributed by atoms with van der Waals surface area (Å²) in [6.07, 6.45) is 0. The van der Waals surface area contributed by atoms with Gasteiger partial charge in [-0.1, -0.05) is 31.1 Å². The molecule has 2 N–H and O–H groups in total. The van der Waals surface area contributed by atoms with E-state index >= 15 is 0 Å². The minimum absolute atomic E-state index is 0.206. The molecule has 2 rings (SSSR count). The molecule has 0 saturated carbocycles. The van der Waals surface area contributed by atoms with Gasteiger partial charge < -0.3 is 10.3 Å². The summed E-state index contributed by atoms with van der Waals surface area (Å²) in [6, 6.07) is 7.94. The zero-order chi connectivity index (χ0) is 12.4. The Labute approximate surface area is 101 Å². The van der Waals surface area contributed by atoms with E-state index in [9.17, 15) is 0 Å². The quantitative estimate of drug-likeness (QED) is 0.882. The maximum Gasteiger partial charge on any atom is 0.257 e. The Bertz CT molecular complexity index is 486. The Morgan fingerprint density at radius 1 is 1.12 bits per heavy atom. The van der Waals surface area contributed by atoms with Gasteiger partial charge in [-0.05, 0) is 30.5 Å². The number of rotatable bonds is 3. The smallest absolute Gasteiger partial charge is 0.257 e. The van der Waals surface area contributed by atoms with Crippen LogP contribution in [0.5, 0.6) is 0 Å². The largest absolute Gasteiger partial charge is 0.334 e. The van der Waals surface area contributed by atoms with Crippen molar-refractivity contribution in [3.05, 3.63) is 35.7 Å². The minimum Gasteiger partial charge on any atom is -0.334 e. The lowest BCUT2D eigenvalue weighted by molar-refractivity contribution is 0.418. The highest BCUT2D eigenvalue weighted by molar-refractivity contribution is 5.53. The Kier molecular flexibility index (Phi) is 3.24. The predicted octanol–water partition coefficient (Wildman–Crippen LogP) is 2.88. The Hall–Kier alpha value is -1.68. The molecule has 0 spiro atoms. The topological polar surface area (TPSA) is 64.9 Å². The summed E-state index contributed by atoms with van der Waals surface area (Å²) in [6.45, 7) is 6.16. The van der Waals surface area contributed by atoms with Crippen LogP contribution in [0.3, 0.4) is 0 Å². The van der Waals surface area contributed by atoms with Gasteiger partial charge in [-0.25, -0.2) is 0 Å². The molecule has 1 heterocycles. The Morgan fingerprint density at radius 2 is 1.76 bits per heavy atom. The molecule has 0 amide bonds. The van der Waals surface area contributed by atoms with Gasteiger partial charge in [0.05, 0.1) is 6.04 Å². The third-order valence-corrected chi connectivity index (χ3v) is 2.67. The van der Waals surface area contributed by atoms with Gasteiger partial charge in [-0.2, -0.15) is 4.98 Å². The predicted molar refractivity (Wildman–Crippen MR) is 66.4 cm³/mol. The first kappa shape index (κ1) is 11.8. The van der Waals surface area contributed by atoms with Gasteiger partial charge in [0.15, 0.2) is 5.82 Å². The molecule has 1 aromatic heterocycles. The van der Waals surface area contributed by atoms with Crippen LogP contribution in [0, 0.1) is 0 Å². The summed E-state index contributed by atoms with van der Waals surface area (Å²) in [7, 11) is 0. The number of benzene rings is 1. The maximum atomic E-state index is 5.68. The van der Waals surface area contributed by atoms with Crippen molar-refractivity contribution < 1.29 is 4.52 Å². The van der Waals surface area contributed by atoms with Crippen molar-refractivity contribution in [1.29, 1.82) is 0 Å². The number of nitrogens with two attached hydrogens (primary N) is 1. The van der Waals surface area contributed by atoms with Gasteiger partial charge >= 0.3 is 0 Å². The third kappa shape index (κ3) is 2.53. The van der Waals surface area contributed by atoms with Gasteiger partial charge in [0.2, 0.25) is 0 Å². The van der Waals surface area contributed by atoms with Crippen LogP contribution in [-0.4, -0.2) is 10.1 Å². The summed E-state index contributed by atoms with van der Waals surface area (Å²) in [4.78, 5) is 4.25. The molecule has 2 aromatic rings. The van der Waals surface area contributed by atoms with Crippen LogP contribution >= 0.6 is 0 Å². The third-order valence-electron chi connectivity index (χ3n) is 2.67. The highest BCUT2D eigenvalue weighted by atomic mass is 16.5. The van der Waals surface area contributed by atoms with Crippen molar-refractivity contribution in [2.24, 2.45) is 5.73 Å². The molecule has 4 heteroatoms. The fourth-order valence-electron chi connectivity index (χ4n) is 1.55. The lowest BCUT2D eigenvalue weighted by Gasteiger charge is -2.04. The highest BCUT2D eigenvalue weighted by Gasteiger charge is 2.11. The van der Waals surface area contributed by atoms with E-state index in [1.807, 2.05) is 19.1 Å². The van der Waals surface area contributed by atoms with E-state index in [1.54, 1.807) is 0 Å². The SMILES string of the molecule is CC(C)c1ccc(-c2nc(C(C)N)no2)cc1. The van der Waals surface area contributed by atoms with Crippen molar-refractivity contribution in [2.75, 3.05) is 0 Å². The van der Waals surface area contributed by atoms with Crippen molar-refractivity contribution in [2.45, 2.75) is 32.7 Å². The van der Waals surface area contributed by atoms with E-state index in [1.165, 1.54) is 5.56 Å². The molecule has 1 aromatic carbocycles. The average molecular weight is 231 g/mol. The molecule has 0 aliphatic heterocycles. The van der Waals surface area contributed by atoms with Crippen molar-refractivity contribution in [3.63, 3.8) is 0 Å². The van der Waals surface area contributed by atoms with Crippen molar-refractivity contribution in [1.82, 2.24) is 10.1 Å². The molecule has 1 unspecified atom stereocenters. The summed E-state index contributed by atoms with van der Waals surface area (Å²) in [5.41, 5.74) is 7.90.